The molecule has 0 amide bonds. The Balaban J connectivity index is 2.56. The fourth-order valence-corrected chi connectivity index (χ4v) is 0.617. The molecule has 12 heavy (non-hydrogen) atoms. The highest BCUT2D eigenvalue weighted by Crippen LogP contribution is 1.95. The maximum Gasteiger partial charge on any atom is 0.248 e. The summed E-state index contributed by atoms with van der Waals surface area (Å²) in [6, 6.07) is 1.52. The smallest absolute Gasteiger partial charge is 0.248 e. The third-order valence-electron chi connectivity index (χ3n) is 0.801. The zero-order valence-electron chi connectivity index (χ0n) is 5.67. The first kappa shape index (κ1) is 8.84. The molecule has 0 aliphatic heterocycles. The van der Waals surface area contributed by atoms with Gasteiger partial charge in [-0.25, -0.2) is 23.9 Å². The number of hydrogen-bond donors (Lipinski definition) is 1. The van der Waals surface area contributed by atoms with Crippen molar-refractivity contribution in [3.8, 4) is 0 Å². The van der Waals surface area contributed by atoms with Gasteiger partial charge in [-0.15, -0.1) is 0 Å². The monoisotopic (exact) mass is 190 g/mol. The van der Waals surface area contributed by atoms with Gasteiger partial charge in [-0.1, -0.05) is 0 Å². The number of aromatic nitrogens is 2. The Kier molecular flexibility index (Phi) is 2.53. The highest BCUT2D eigenvalue weighted by molar-refractivity contribution is 7.80. The number of rotatable bonds is 3. The van der Waals surface area contributed by atoms with Crippen molar-refractivity contribution in [1.29, 1.82) is 0 Å². The van der Waals surface area contributed by atoms with Crippen LogP contribution in [0.15, 0.2) is 18.5 Å². The third-order valence-corrected chi connectivity index (χ3v) is 1.09. The Hall–Kier alpha value is -1.25. The first-order valence-electron chi connectivity index (χ1n) is 2.75. The Labute approximate surface area is 68.3 Å². The molecule has 1 aromatic heterocycles. The van der Waals surface area contributed by atoms with Crippen LogP contribution >= 0.6 is 0 Å². The van der Waals surface area contributed by atoms with E-state index in [1.54, 1.807) is 5.48 Å². The lowest BCUT2D eigenvalue weighted by atomic mass is 10.7. The lowest BCUT2D eigenvalue weighted by Gasteiger charge is -2.06. The Morgan fingerprint density at radius 2 is 2.00 bits per heavy atom. The van der Waals surface area contributed by atoms with Gasteiger partial charge in [0.05, 0.1) is 0 Å². The fourth-order valence-electron chi connectivity index (χ4n) is 0.440. The second-order valence-corrected chi connectivity index (χ2v) is 2.65. The molecule has 0 saturated carbocycles. The molecule has 0 aliphatic carbocycles. The summed E-state index contributed by atoms with van der Waals surface area (Å²) in [6.07, 6.45) is 2.71. The van der Waals surface area contributed by atoms with Crippen LogP contribution in [0.3, 0.4) is 0 Å². The first-order chi connectivity index (χ1) is 5.58. The predicted octanol–water partition coefficient (Wildman–Crippen LogP) is -0.720. The quantitative estimate of drug-likeness (QED) is 0.381. The van der Waals surface area contributed by atoms with Gasteiger partial charge in [-0.2, -0.15) is 4.28 Å². The average Bonchev–Trinajstić information content (AvgIpc) is 2.02. The summed E-state index contributed by atoms with van der Waals surface area (Å²) < 4.78 is 33.4. The van der Waals surface area contributed by atoms with E-state index in [2.05, 4.69) is 14.3 Å². The zero-order chi connectivity index (χ0) is 9.03. The summed E-state index contributed by atoms with van der Waals surface area (Å²) in [7, 11) is -4.76. The van der Waals surface area contributed by atoms with Crippen LogP contribution in [-0.2, 0) is 14.7 Å². The van der Waals surface area contributed by atoms with Crippen molar-refractivity contribution in [2.24, 2.45) is 0 Å². The van der Waals surface area contributed by atoms with Gasteiger partial charge in [0.25, 0.3) is 0 Å². The minimum absolute atomic E-state index is 0.100. The molecule has 0 atom stereocenters. The lowest BCUT2D eigenvalue weighted by Crippen LogP contribution is -2.11. The summed E-state index contributed by atoms with van der Waals surface area (Å²) in [5, 5.41) is 0. The molecule has 0 radical (unpaired) electrons. The minimum Gasteiger partial charge on any atom is -0.724 e. The van der Waals surface area contributed by atoms with Crippen LogP contribution in [0.4, 0.5) is 5.95 Å². The first-order valence-corrected chi connectivity index (χ1v) is 4.08. The van der Waals surface area contributed by atoms with E-state index in [0.717, 1.165) is 0 Å². The van der Waals surface area contributed by atoms with Crippen LogP contribution in [-0.4, -0.2) is 22.9 Å². The van der Waals surface area contributed by atoms with Crippen molar-refractivity contribution in [1.82, 2.24) is 9.97 Å². The third kappa shape index (κ3) is 3.23. The van der Waals surface area contributed by atoms with Crippen LogP contribution in [0.25, 0.3) is 0 Å². The van der Waals surface area contributed by atoms with E-state index in [1.165, 1.54) is 18.5 Å². The van der Waals surface area contributed by atoms with Crippen molar-refractivity contribution >= 4 is 16.3 Å². The molecule has 66 valence electrons. The summed E-state index contributed by atoms with van der Waals surface area (Å²) in [5.41, 5.74) is 1.76. The summed E-state index contributed by atoms with van der Waals surface area (Å²) >= 11 is 0. The number of nitrogens with zero attached hydrogens (tertiary/aromatic N) is 2. The maximum absolute atomic E-state index is 9.91. The van der Waals surface area contributed by atoms with Gasteiger partial charge < -0.3 is 4.55 Å². The Morgan fingerprint density at radius 1 is 1.42 bits per heavy atom. The molecular weight excluding hydrogens is 186 g/mol. The molecule has 1 N–H and O–H groups in total. The molecule has 8 heteroatoms. The summed E-state index contributed by atoms with van der Waals surface area (Å²) in [4.78, 5) is 7.06. The molecule has 0 saturated heterocycles. The maximum atomic E-state index is 9.91. The van der Waals surface area contributed by atoms with E-state index >= 15 is 0 Å². The number of hydrogen-bond acceptors (Lipinski definition) is 7. The molecule has 0 aromatic carbocycles. The Bertz CT molecular complexity index is 337. The molecule has 1 rings (SSSR count). The van der Waals surface area contributed by atoms with Crippen LogP contribution in [0, 0.1) is 0 Å². The average molecular weight is 190 g/mol. The van der Waals surface area contributed by atoms with Gasteiger partial charge in [0.2, 0.25) is 16.3 Å². The van der Waals surface area contributed by atoms with E-state index in [4.69, 9.17) is 0 Å². The van der Waals surface area contributed by atoms with E-state index in [1.807, 2.05) is 0 Å². The highest BCUT2D eigenvalue weighted by atomic mass is 32.3. The van der Waals surface area contributed by atoms with Gasteiger partial charge in [0.1, 0.15) is 0 Å². The molecule has 1 aromatic rings. The number of nitrogens with one attached hydrogen (secondary N) is 1. The lowest BCUT2D eigenvalue weighted by molar-refractivity contribution is 0.308. The standard InChI is InChI=1S/C4H5N3O4S/c8-12(9,10)11-7-4-5-2-1-3-6-4/h1-3H,(H,5,6,7)(H,8,9,10)/p-1. The van der Waals surface area contributed by atoms with E-state index in [9.17, 15) is 13.0 Å². The van der Waals surface area contributed by atoms with Crippen molar-refractivity contribution in [2.75, 3.05) is 5.48 Å². The van der Waals surface area contributed by atoms with Crippen molar-refractivity contribution in [3.63, 3.8) is 0 Å². The number of anilines is 1. The molecule has 1 heterocycles. The van der Waals surface area contributed by atoms with Gasteiger partial charge in [0.15, 0.2) is 0 Å². The molecule has 7 nitrogen and oxygen atoms in total. The van der Waals surface area contributed by atoms with Gasteiger partial charge in [0, 0.05) is 12.4 Å². The molecule has 0 spiro atoms. The van der Waals surface area contributed by atoms with E-state index in [0.29, 0.717) is 0 Å². The van der Waals surface area contributed by atoms with Gasteiger partial charge in [-0.05, 0) is 6.07 Å². The zero-order valence-corrected chi connectivity index (χ0v) is 6.48. The van der Waals surface area contributed by atoms with Crippen molar-refractivity contribution in [2.45, 2.75) is 0 Å². The van der Waals surface area contributed by atoms with E-state index < -0.39 is 10.4 Å². The van der Waals surface area contributed by atoms with Gasteiger partial charge >= 0.3 is 0 Å². The molecule has 0 bridgehead atoms. The highest BCUT2D eigenvalue weighted by Gasteiger charge is 1.96. The van der Waals surface area contributed by atoms with Gasteiger partial charge in [-0.3, -0.25) is 0 Å². The molecular formula is C4H4N3O4S-. The topological polar surface area (TPSA) is 104 Å². The normalized spacial score (nSPS) is 11.1. The molecule has 0 unspecified atom stereocenters. The van der Waals surface area contributed by atoms with Crippen LogP contribution < -0.4 is 5.48 Å². The SMILES string of the molecule is O=S(=O)([O-])ONc1ncccn1. The fraction of sp³-hybridized carbons (Fsp3) is 0. The largest absolute Gasteiger partial charge is 0.724 e. The van der Waals surface area contributed by atoms with Crippen LogP contribution in [0.2, 0.25) is 0 Å². The Morgan fingerprint density at radius 3 is 2.50 bits per heavy atom. The predicted molar refractivity (Wildman–Crippen MR) is 36.4 cm³/mol. The van der Waals surface area contributed by atoms with E-state index in [-0.39, 0.29) is 5.95 Å². The second kappa shape index (κ2) is 3.43. The summed E-state index contributed by atoms with van der Waals surface area (Å²) in [6.45, 7) is 0. The summed E-state index contributed by atoms with van der Waals surface area (Å²) in [5.74, 6) is -0.100. The molecule has 0 fully saturated rings. The molecule has 0 aliphatic rings. The van der Waals surface area contributed by atoms with Crippen LogP contribution in [0.5, 0.6) is 0 Å². The van der Waals surface area contributed by atoms with Crippen molar-refractivity contribution < 1.29 is 17.3 Å². The van der Waals surface area contributed by atoms with Crippen LogP contribution in [0.1, 0.15) is 0 Å². The second-order valence-electron chi connectivity index (χ2n) is 1.67. The minimum atomic E-state index is -4.76. The van der Waals surface area contributed by atoms with Crippen molar-refractivity contribution in [3.05, 3.63) is 18.5 Å².